The number of methoxy groups -OCH3 is 1. The number of carbonyl (C=O) groups excluding carboxylic acids is 1. The summed E-state index contributed by atoms with van der Waals surface area (Å²) in [5, 5.41) is 0. The van der Waals surface area contributed by atoms with Gasteiger partial charge in [-0.3, -0.25) is 9.69 Å². The first-order valence-corrected chi connectivity index (χ1v) is 8.67. The Morgan fingerprint density at radius 3 is 3.00 bits per heavy atom. The van der Waals surface area contributed by atoms with E-state index in [4.69, 9.17) is 14.2 Å². The Morgan fingerprint density at radius 2 is 2.28 bits per heavy atom. The molecule has 3 heterocycles. The molecule has 0 saturated carbocycles. The van der Waals surface area contributed by atoms with E-state index in [-0.39, 0.29) is 24.2 Å². The van der Waals surface area contributed by atoms with Gasteiger partial charge in [-0.05, 0) is 12.5 Å². The van der Waals surface area contributed by atoms with Crippen molar-refractivity contribution >= 4 is 5.91 Å². The molecule has 3 rings (SSSR count). The van der Waals surface area contributed by atoms with Crippen LogP contribution in [-0.2, 0) is 20.8 Å². The Hall–Kier alpha value is -1.70. The first kappa shape index (κ1) is 18.1. The largest absolute Gasteiger partial charge is 0.481 e. The molecule has 2 saturated heterocycles. The van der Waals surface area contributed by atoms with E-state index in [0.717, 1.165) is 38.0 Å². The SMILES string of the molecule is COc1ncccc1CN1CC2(CC(OCC(=O)N(C)C)CCO2)C1. The molecule has 1 aromatic rings. The third-order valence-electron chi connectivity index (χ3n) is 4.85. The number of carbonyl (C=O) groups is 1. The molecular weight excluding hydrogens is 322 g/mol. The Balaban J connectivity index is 1.49. The molecule has 0 N–H and O–H groups in total. The number of hydrogen-bond donors (Lipinski definition) is 0. The summed E-state index contributed by atoms with van der Waals surface area (Å²) < 4.78 is 17.2. The van der Waals surface area contributed by atoms with Gasteiger partial charge >= 0.3 is 0 Å². The van der Waals surface area contributed by atoms with Gasteiger partial charge in [0.1, 0.15) is 6.61 Å². The van der Waals surface area contributed by atoms with Crippen molar-refractivity contribution in [3.63, 3.8) is 0 Å². The Kier molecular flexibility index (Phi) is 5.56. The molecule has 7 nitrogen and oxygen atoms in total. The van der Waals surface area contributed by atoms with E-state index in [0.29, 0.717) is 12.5 Å². The normalized spacial score (nSPS) is 22.4. The number of aromatic nitrogens is 1. The summed E-state index contributed by atoms with van der Waals surface area (Å²) in [4.78, 5) is 19.8. The van der Waals surface area contributed by atoms with Gasteiger partial charge in [-0.15, -0.1) is 0 Å². The van der Waals surface area contributed by atoms with Gasteiger partial charge in [0.2, 0.25) is 11.8 Å². The second-order valence-corrected chi connectivity index (χ2v) is 7.06. The number of hydrogen-bond acceptors (Lipinski definition) is 6. The van der Waals surface area contributed by atoms with Crippen molar-refractivity contribution in [2.45, 2.75) is 31.1 Å². The zero-order valence-electron chi connectivity index (χ0n) is 15.2. The predicted octanol–water partition coefficient (Wildman–Crippen LogP) is 0.928. The topological polar surface area (TPSA) is 64.1 Å². The van der Waals surface area contributed by atoms with Crippen molar-refractivity contribution in [1.29, 1.82) is 0 Å². The minimum absolute atomic E-state index is 0.000509. The molecule has 7 heteroatoms. The fourth-order valence-corrected chi connectivity index (χ4v) is 3.51. The number of pyridine rings is 1. The lowest BCUT2D eigenvalue weighted by molar-refractivity contribution is -0.200. The van der Waals surface area contributed by atoms with Crippen molar-refractivity contribution in [1.82, 2.24) is 14.8 Å². The minimum atomic E-state index is -0.139. The summed E-state index contributed by atoms with van der Waals surface area (Å²) in [6, 6.07) is 3.97. The fraction of sp³-hybridized carbons (Fsp3) is 0.667. The van der Waals surface area contributed by atoms with Crippen LogP contribution in [0.1, 0.15) is 18.4 Å². The highest BCUT2D eigenvalue weighted by Crippen LogP contribution is 2.36. The van der Waals surface area contributed by atoms with Crippen LogP contribution >= 0.6 is 0 Å². The highest BCUT2D eigenvalue weighted by Gasteiger charge is 2.47. The van der Waals surface area contributed by atoms with Crippen LogP contribution in [0.25, 0.3) is 0 Å². The molecule has 0 aliphatic carbocycles. The van der Waals surface area contributed by atoms with Crippen LogP contribution in [-0.4, -0.2) is 79.9 Å². The lowest BCUT2D eigenvalue weighted by atomic mass is 9.84. The molecule has 1 aromatic heterocycles. The summed E-state index contributed by atoms with van der Waals surface area (Å²) in [5.74, 6) is 0.677. The van der Waals surface area contributed by atoms with Gasteiger partial charge in [0.25, 0.3) is 0 Å². The van der Waals surface area contributed by atoms with Crippen molar-refractivity contribution in [3.05, 3.63) is 23.9 Å². The van der Waals surface area contributed by atoms with Crippen molar-refractivity contribution in [2.75, 3.05) is 47.5 Å². The van der Waals surface area contributed by atoms with Gasteiger partial charge < -0.3 is 19.1 Å². The highest BCUT2D eigenvalue weighted by molar-refractivity contribution is 5.76. The Bertz CT molecular complexity index is 602. The van der Waals surface area contributed by atoms with Gasteiger partial charge in [0.15, 0.2) is 0 Å². The third kappa shape index (κ3) is 4.29. The Morgan fingerprint density at radius 1 is 1.48 bits per heavy atom. The summed E-state index contributed by atoms with van der Waals surface area (Å²) >= 11 is 0. The first-order chi connectivity index (χ1) is 12.0. The van der Waals surface area contributed by atoms with E-state index < -0.39 is 0 Å². The smallest absolute Gasteiger partial charge is 0.248 e. The molecule has 2 aliphatic heterocycles. The summed E-state index contributed by atoms with van der Waals surface area (Å²) in [5.41, 5.74) is 0.944. The lowest BCUT2D eigenvalue weighted by Crippen LogP contribution is -2.65. The van der Waals surface area contributed by atoms with E-state index in [1.54, 1.807) is 32.3 Å². The van der Waals surface area contributed by atoms with E-state index in [2.05, 4.69) is 9.88 Å². The molecule has 25 heavy (non-hydrogen) atoms. The molecule has 1 spiro atoms. The maximum absolute atomic E-state index is 11.7. The second kappa shape index (κ2) is 7.68. The number of likely N-dealkylation sites (N-methyl/N-ethyl adjacent to an activating group) is 1. The molecule has 2 fully saturated rings. The lowest BCUT2D eigenvalue weighted by Gasteiger charge is -2.53. The van der Waals surface area contributed by atoms with Crippen LogP contribution in [0.5, 0.6) is 5.88 Å². The number of ether oxygens (including phenoxy) is 3. The number of nitrogens with zero attached hydrogens (tertiary/aromatic N) is 3. The Labute approximate surface area is 148 Å². The maximum Gasteiger partial charge on any atom is 0.248 e. The van der Waals surface area contributed by atoms with E-state index in [1.807, 2.05) is 12.1 Å². The number of rotatable bonds is 6. The average Bonchev–Trinajstić information content (AvgIpc) is 2.59. The van der Waals surface area contributed by atoms with Crippen LogP contribution in [0.2, 0.25) is 0 Å². The minimum Gasteiger partial charge on any atom is -0.481 e. The molecule has 138 valence electrons. The van der Waals surface area contributed by atoms with Crippen molar-refractivity contribution in [2.24, 2.45) is 0 Å². The molecular formula is C18H27N3O4. The molecule has 0 bridgehead atoms. The maximum atomic E-state index is 11.7. The van der Waals surface area contributed by atoms with Crippen molar-refractivity contribution in [3.8, 4) is 5.88 Å². The van der Waals surface area contributed by atoms with E-state index in [9.17, 15) is 4.79 Å². The van der Waals surface area contributed by atoms with Crippen LogP contribution in [0.4, 0.5) is 0 Å². The standard InChI is InChI=1S/C18H27N3O4/c1-20(2)16(22)11-24-15-6-8-25-18(9-15)12-21(13-18)10-14-5-4-7-19-17(14)23-3/h4-5,7,15H,6,8-13H2,1-3H3. The third-order valence-corrected chi connectivity index (χ3v) is 4.85. The van der Waals surface area contributed by atoms with Gasteiger partial charge in [-0.2, -0.15) is 0 Å². The van der Waals surface area contributed by atoms with Crippen LogP contribution in [0.3, 0.4) is 0 Å². The zero-order valence-corrected chi connectivity index (χ0v) is 15.2. The molecule has 1 unspecified atom stereocenters. The predicted molar refractivity (Wildman–Crippen MR) is 92.4 cm³/mol. The molecule has 1 amide bonds. The van der Waals surface area contributed by atoms with Crippen LogP contribution < -0.4 is 4.74 Å². The van der Waals surface area contributed by atoms with Crippen LogP contribution in [0.15, 0.2) is 18.3 Å². The summed E-state index contributed by atoms with van der Waals surface area (Å²) in [7, 11) is 5.13. The summed E-state index contributed by atoms with van der Waals surface area (Å²) in [6.07, 6.45) is 3.52. The molecule has 1 atom stereocenters. The fourth-order valence-electron chi connectivity index (χ4n) is 3.51. The molecule has 0 radical (unpaired) electrons. The van der Waals surface area contributed by atoms with Gasteiger partial charge in [0.05, 0.1) is 18.8 Å². The highest BCUT2D eigenvalue weighted by atomic mass is 16.5. The number of likely N-dealkylation sites (tertiary alicyclic amines) is 1. The summed E-state index contributed by atoms with van der Waals surface area (Å²) in [6.45, 7) is 3.36. The average molecular weight is 349 g/mol. The van der Waals surface area contributed by atoms with Gasteiger partial charge in [-0.1, -0.05) is 6.07 Å². The van der Waals surface area contributed by atoms with Crippen molar-refractivity contribution < 1.29 is 19.0 Å². The molecule has 0 aromatic carbocycles. The quantitative estimate of drug-likeness (QED) is 0.761. The molecule has 2 aliphatic rings. The van der Waals surface area contributed by atoms with Crippen LogP contribution in [0, 0.1) is 0 Å². The van der Waals surface area contributed by atoms with E-state index >= 15 is 0 Å². The first-order valence-electron chi connectivity index (χ1n) is 8.67. The zero-order chi connectivity index (χ0) is 17.9. The van der Waals surface area contributed by atoms with Gasteiger partial charge in [-0.25, -0.2) is 4.98 Å². The van der Waals surface area contributed by atoms with E-state index in [1.165, 1.54) is 0 Å². The van der Waals surface area contributed by atoms with Gasteiger partial charge in [0, 0.05) is 58.5 Å². The second-order valence-electron chi connectivity index (χ2n) is 7.06. The monoisotopic (exact) mass is 349 g/mol. The number of amides is 1.